The number of anilines is 1. The van der Waals surface area contributed by atoms with Crippen LogP contribution in [0.5, 0.6) is 0 Å². The number of aromatic carboxylic acids is 1. The lowest BCUT2D eigenvalue weighted by atomic mass is 10.0. The summed E-state index contributed by atoms with van der Waals surface area (Å²) in [6.07, 6.45) is 0.548. The third-order valence-corrected chi connectivity index (χ3v) is 2.17. The molecular weight excluding hydrogens is 220 g/mol. The van der Waals surface area contributed by atoms with Crippen molar-refractivity contribution in [3.8, 4) is 0 Å². The topological polar surface area (TPSA) is 82.5 Å². The van der Waals surface area contributed by atoms with E-state index in [0.717, 1.165) is 0 Å². The Balaban J connectivity index is 2.68. The minimum atomic E-state index is -1.05. The first kappa shape index (κ1) is 13.4. The van der Waals surface area contributed by atoms with Crippen molar-refractivity contribution in [1.29, 1.82) is 0 Å². The van der Waals surface area contributed by atoms with Crippen molar-refractivity contribution in [3.05, 3.63) is 23.9 Å². The van der Waals surface area contributed by atoms with Gasteiger partial charge in [-0.15, -0.1) is 0 Å². The number of hydrogen-bond donors (Lipinski definition) is 3. The maximum Gasteiger partial charge on any atom is 0.354 e. The van der Waals surface area contributed by atoms with E-state index in [1.807, 2.05) is 6.92 Å². The van der Waals surface area contributed by atoms with Gasteiger partial charge in [-0.1, -0.05) is 6.07 Å². The summed E-state index contributed by atoms with van der Waals surface area (Å²) in [7, 11) is 0. The summed E-state index contributed by atoms with van der Waals surface area (Å²) in [5.41, 5.74) is -0.762. The Kier molecular flexibility index (Phi) is 4.07. The van der Waals surface area contributed by atoms with Gasteiger partial charge in [-0.2, -0.15) is 0 Å². The van der Waals surface area contributed by atoms with E-state index in [1.54, 1.807) is 26.0 Å². The lowest BCUT2D eigenvalue weighted by molar-refractivity contribution is 0.0666. The zero-order chi connectivity index (χ0) is 13.1. The number of carbonyl (C=O) groups is 1. The Morgan fingerprint density at radius 3 is 2.71 bits per heavy atom. The van der Waals surface area contributed by atoms with Crippen LogP contribution in [0.4, 0.5) is 5.82 Å². The van der Waals surface area contributed by atoms with Gasteiger partial charge < -0.3 is 15.5 Å². The zero-order valence-corrected chi connectivity index (χ0v) is 10.3. The molecule has 1 atom stereocenters. The molecule has 5 heteroatoms. The van der Waals surface area contributed by atoms with Crippen molar-refractivity contribution in [2.24, 2.45) is 0 Å². The molecule has 1 heterocycles. The molecule has 0 saturated carbocycles. The molecule has 0 aliphatic rings. The van der Waals surface area contributed by atoms with Crippen LogP contribution < -0.4 is 5.32 Å². The fourth-order valence-electron chi connectivity index (χ4n) is 1.69. The van der Waals surface area contributed by atoms with Crippen LogP contribution in [-0.4, -0.2) is 32.8 Å². The minimum absolute atomic E-state index is 0.00505. The van der Waals surface area contributed by atoms with Crippen molar-refractivity contribution in [2.75, 3.05) is 5.32 Å². The zero-order valence-electron chi connectivity index (χ0n) is 10.3. The third kappa shape index (κ3) is 4.82. The number of aliphatic hydroxyl groups is 1. The summed E-state index contributed by atoms with van der Waals surface area (Å²) in [5, 5.41) is 21.5. The second-order valence-corrected chi connectivity index (χ2v) is 4.78. The highest BCUT2D eigenvalue weighted by Crippen LogP contribution is 2.14. The molecule has 0 saturated heterocycles. The summed E-state index contributed by atoms with van der Waals surface area (Å²) in [5.74, 6) is -0.551. The third-order valence-electron chi connectivity index (χ3n) is 2.17. The van der Waals surface area contributed by atoms with E-state index in [1.165, 1.54) is 6.07 Å². The highest BCUT2D eigenvalue weighted by atomic mass is 16.4. The van der Waals surface area contributed by atoms with Gasteiger partial charge >= 0.3 is 5.97 Å². The summed E-state index contributed by atoms with van der Waals surface area (Å²) >= 11 is 0. The first-order chi connectivity index (χ1) is 7.78. The summed E-state index contributed by atoms with van der Waals surface area (Å²) < 4.78 is 0. The molecule has 94 valence electrons. The fourth-order valence-corrected chi connectivity index (χ4v) is 1.69. The van der Waals surface area contributed by atoms with Crippen LogP contribution in [0.1, 0.15) is 37.7 Å². The number of carboxylic acids is 1. The first-order valence-corrected chi connectivity index (χ1v) is 5.47. The predicted molar refractivity (Wildman–Crippen MR) is 65.2 cm³/mol. The Bertz CT molecular complexity index is 399. The summed E-state index contributed by atoms with van der Waals surface area (Å²) in [6.45, 7) is 5.37. The molecule has 0 amide bonds. The largest absolute Gasteiger partial charge is 0.477 e. The minimum Gasteiger partial charge on any atom is -0.477 e. The lowest BCUT2D eigenvalue weighted by Crippen LogP contribution is -2.29. The lowest BCUT2D eigenvalue weighted by Gasteiger charge is -2.23. The molecule has 3 N–H and O–H groups in total. The van der Waals surface area contributed by atoms with Gasteiger partial charge in [0.25, 0.3) is 0 Å². The van der Waals surface area contributed by atoms with Crippen molar-refractivity contribution < 1.29 is 15.0 Å². The molecule has 0 bridgehead atoms. The monoisotopic (exact) mass is 238 g/mol. The van der Waals surface area contributed by atoms with E-state index < -0.39 is 11.6 Å². The van der Waals surface area contributed by atoms with Crippen molar-refractivity contribution in [2.45, 2.75) is 38.8 Å². The Morgan fingerprint density at radius 1 is 1.53 bits per heavy atom. The number of nitrogens with zero attached hydrogens (tertiary/aromatic N) is 1. The van der Waals surface area contributed by atoms with Crippen molar-refractivity contribution in [1.82, 2.24) is 4.98 Å². The number of pyridine rings is 1. The van der Waals surface area contributed by atoms with Crippen LogP contribution in [-0.2, 0) is 0 Å². The van der Waals surface area contributed by atoms with Crippen molar-refractivity contribution in [3.63, 3.8) is 0 Å². The van der Waals surface area contributed by atoms with E-state index >= 15 is 0 Å². The predicted octanol–water partition coefficient (Wildman–Crippen LogP) is 1.74. The summed E-state index contributed by atoms with van der Waals surface area (Å²) in [4.78, 5) is 14.7. The van der Waals surface area contributed by atoms with Gasteiger partial charge in [0.15, 0.2) is 5.69 Å². The van der Waals surface area contributed by atoms with Gasteiger partial charge in [-0.05, 0) is 39.3 Å². The molecule has 0 aromatic carbocycles. The average Bonchev–Trinajstić information content (AvgIpc) is 2.14. The van der Waals surface area contributed by atoms with Gasteiger partial charge in [0.1, 0.15) is 5.82 Å². The molecule has 1 aromatic rings. The highest BCUT2D eigenvalue weighted by molar-refractivity contribution is 5.85. The molecule has 5 nitrogen and oxygen atoms in total. The standard InChI is InChI=1S/C12H18N2O3/c1-8(7-12(2,3)17)13-10-6-4-5-9(14-10)11(15)16/h4-6,8,17H,7H2,1-3H3,(H,13,14)(H,15,16). The SMILES string of the molecule is CC(CC(C)(C)O)Nc1cccc(C(=O)O)n1. The molecule has 0 radical (unpaired) electrons. The van der Waals surface area contributed by atoms with E-state index in [0.29, 0.717) is 12.2 Å². The van der Waals surface area contributed by atoms with E-state index in [4.69, 9.17) is 5.11 Å². The number of aromatic nitrogens is 1. The molecule has 0 aliphatic carbocycles. The molecule has 1 aromatic heterocycles. The van der Waals surface area contributed by atoms with E-state index in [2.05, 4.69) is 10.3 Å². The normalized spacial score (nSPS) is 13.2. The van der Waals surface area contributed by atoms with E-state index in [9.17, 15) is 9.90 Å². The van der Waals surface area contributed by atoms with Crippen molar-refractivity contribution >= 4 is 11.8 Å². The van der Waals surface area contributed by atoms with E-state index in [-0.39, 0.29) is 11.7 Å². The second-order valence-electron chi connectivity index (χ2n) is 4.78. The van der Waals surface area contributed by atoms with Crippen LogP contribution >= 0.6 is 0 Å². The average molecular weight is 238 g/mol. The maximum absolute atomic E-state index is 10.7. The Morgan fingerprint density at radius 2 is 2.18 bits per heavy atom. The number of hydrogen-bond acceptors (Lipinski definition) is 4. The molecule has 1 rings (SSSR count). The van der Waals surface area contributed by atoms with Crippen LogP contribution in [0.2, 0.25) is 0 Å². The van der Waals surface area contributed by atoms with Gasteiger partial charge in [-0.3, -0.25) is 0 Å². The van der Waals surface area contributed by atoms with Crippen LogP contribution in [0.3, 0.4) is 0 Å². The molecule has 0 spiro atoms. The number of rotatable bonds is 5. The molecule has 1 unspecified atom stereocenters. The maximum atomic E-state index is 10.7. The first-order valence-electron chi connectivity index (χ1n) is 5.47. The van der Waals surface area contributed by atoms with Gasteiger partial charge in [0.2, 0.25) is 0 Å². The fraction of sp³-hybridized carbons (Fsp3) is 0.500. The quantitative estimate of drug-likeness (QED) is 0.727. The molecule has 0 fully saturated rings. The van der Waals surface area contributed by atoms with Gasteiger partial charge in [-0.25, -0.2) is 9.78 Å². The Hall–Kier alpha value is -1.62. The molecule has 17 heavy (non-hydrogen) atoms. The van der Waals surface area contributed by atoms with Gasteiger partial charge in [0, 0.05) is 6.04 Å². The highest BCUT2D eigenvalue weighted by Gasteiger charge is 2.17. The van der Waals surface area contributed by atoms with Gasteiger partial charge in [0.05, 0.1) is 5.60 Å². The smallest absolute Gasteiger partial charge is 0.354 e. The number of nitrogens with one attached hydrogen (secondary N) is 1. The van der Waals surface area contributed by atoms with Crippen LogP contribution in [0, 0.1) is 0 Å². The second kappa shape index (κ2) is 5.14. The summed E-state index contributed by atoms with van der Waals surface area (Å²) in [6, 6.07) is 4.78. The molecular formula is C12H18N2O3. The number of carboxylic acid groups (broad SMARTS) is 1. The molecule has 0 aliphatic heterocycles. The van der Waals surface area contributed by atoms with Crippen LogP contribution in [0.15, 0.2) is 18.2 Å². The van der Waals surface area contributed by atoms with Crippen LogP contribution in [0.25, 0.3) is 0 Å². The Labute approximate surface area is 101 Å².